The van der Waals surface area contributed by atoms with E-state index in [1.165, 1.54) is 15.6 Å². The Kier molecular flexibility index (Phi) is 4.95. The van der Waals surface area contributed by atoms with E-state index < -0.39 is 10.0 Å². The molecule has 7 nitrogen and oxygen atoms in total. The summed E-state index contributed by atoms with van der Waals surface area (Å²) < 4.78 is 29.0. The van der Waals surface area contributed by atoms with Gasteiger partial charge in [-0.05, 0) is 37.1 Å². The van der Waals surface area contributed by atoms with Gasteiger partial charge in [0.15, 0.2) is 15.8 Å². The van der Waals surface area contributed by atoms with Crippen LogP contribution in [0.1, 0.15) is 21.6 Å². The zero-order valence-electron chi connectivity index (χ0n) is 15.4. The van der Waals surface area contributed by atoms with Crippen molar-refractivity contribution in [1.82, 2.24) is 18.6 Å². The van der Waals surface area contributed by atoms with Crippen LogP contribution < -0.4 is 0 Å². The Bertz CT molecular complexity index is 1160. The molecular formula is C18H19ClN4O3S2. The van der Waals surface area contributed by atoms with Crippen molar-refractivity contribution in [3.8, 4) is 0 Å². The van der Waals surface area contributed by atoms with Gasteiger partial charge in [0.2, 0.25) is 10.0 Å². The van der Waals surface area contributed by atoms with Gasteiger partial charge in [-0.25, -0.2) is 13.4 Å². The number of aryl methyl sites for hydroxylation is 2. The first kappa shape index (κ1) is 19.4. The minimum absolute atomic E-state index is 0.169. The number of rotatable bonds is 3. The van der Waals surface area contributed by atoms with Crippen molar-refractivity contribution in [3.63, 3.8) is 0 Å². The van der Waals surface area contributed by atoms with Crippen LogP contribution in [0.15, 0.2) is 34.7 Å². The molecule has 0 unspecified atom stereocenters. The summed E-state index contributed by atoms with van der Waals surface area (Å²) in [6.07, 6.45) is 1.76. The lowest BCUT2D eigenvalue weighted by molar-refractivity contribution is 0.0691. The molecule has 0 aliphatic carbocycles. The molecule has 0 bridgehead atoms. The lowest BCUT2D eigenvalue weighted by atomic mass is 10.1. The van der Waals surface area contributed by atoms with E-state index in [2.05, 4.69) is 4.98 Å². The Balaban J connectivity index is 1.51. The number of sulfonamides is 1. The van der Waals surface area contributed by atoms with Gasteiger partial charge in [0.25, 0.3) is 5.91 Å². The number of nitrogens with zero attached hydrogens (tertiary/aromatic N) is 4. The Morgan fingerprint density at radius 3 is 2.54 bits per heavy atom. The van der Waals surface area contributed by atoms with Crippen molar-refractivity contribution >= 4 is 43.8 Å². The summed E-state index contributed by atoms with van der Waals surface area (Å²) >= 11 is 7.55. The Labute approximate surface area is 172 Å². The van der Waals surface area contributed by atoms with Crippen molar-refractivity contribution in [2.45, 2.75) is 18.7 Å². The van der Waals surface area contributed by atoms with Crippen molar-refractivity contribution in [2.24, 2.45) is 0 Å². The average molecular weight is 439 g/mol. The Morgan fingerprint density at radius 1 is 1.14 bits per heavy atom. The number of hydrogen-bond donors (Lipinski definition) is 0. The Morgan fingerprint density at radius 2 is 1.86 bits per heavy atom. The molecule has 1 aromatic carbocycles. The molecule has 1 saturated heterocycles. The highest BCUT2D eigenvalue weighted by atomic mass is 35.5. The molecule has 2 aromatic heterocycles. The molecule has 10 heteroatoms. The van der Waals surface area contributed by atoms with Gasteiger partial charge in [-0.15, -0.1) is 11.3 Å². The number of carbonyl (C=O) groups excluding carboxylic acids is 1. The van der Waals surface area contributed by atoms with E-state index in [9.17, 15) is 13.2 Å². The highest BCUT2D eigenvalue weighted by molar-refractivity contribution is 7.89. The van der Waals surface area contributed by atoms with Crippen LogP contribution in [0.5, 0.6) is 0 Å². The quantitative estimate of drug-likeness (QED) is 0.630. The first-order valence-electron chi connectivity index (χ1n) is 8.77. The number of aromatic nitrogens is 2. The molecule has 0 radical (unpaired) electrons. The lowest BCUT2D eigenvalue weighted by Gasteiger charge is -2.34. The van der Waals surface area contributed by atoms with Crippen LogP contribution in [-0.4, -0.2) is 59.1 Å². The van der Waals surface area contributed by atoms with E-state index in [0.717, 1.165) is 11.1 Å². The van der Waals surface area contributed by atoms with Crippen LogP contribution in [0.4, 0.5) is 0 Å². The average Bonchev–Trinajstić information content (AvgIpc) is 3.23. The maximum absolute atomic E-state index is 12.9. The van der Waals surface area contributed by atoms with Gasteiger partial charge in [-0.3, -0.25) is 9.20 Å². The van der Waals surface area contributed by atoms with Crippen LogP contribution in [0.3, 0.4) is 0 Å². The van der Waals surface area contributed by atoms with Gasteiger partial charge in [-0.2, -0.15) is 4.31 Å². The zero-order chi connectivity index (χ0) is 20.1. The number of carbonyl (C=O) groups is 1. The molecule has 148 valence electrons. The van der Waals surface area contributed by atoms with E-state index in [1.807, 2.05) is 25.3 Å². The van der Waals surface area contributed by atoms with Crippen LogP contribution in [0.25, 0.3) is 4.96 Å². The number of hydrogen-bond acceptors (Lipinski definition) is 5. The third kappa shape index (κ3) is 3.22. The summed E-state index contributed by atoms with van der Waals surface area (Å²) in [6.45, 7) is 4.93. The summed E-state index contributed by atoms with van der Waals surface area (Å²) in [6, 6.07) is 5.14. The fourth-order valence-electron chi connectivity index (χ4n) is 3.26. The molecule has 1 aliphatic rings. The topological polar surface area (TPSA) is 75.0 Å². The molecule has 3 heterocycles. The molecule has 1 amide bonds. The molecule has 0 saturated carbocycles. The van der Waals surface area contributed by atoms with E-state index in [0.29, 0.717) is 23.7 Å². The van der Waals surface area contributed by atoms with Crippen LogP contribution in [-0.2, 0) is 10.0 Å². The van der Waals surface area contributed by atoms with Gasteiger partial charge in [-0.1, -0.05) is 17.7 Å². The van der Waals surface area contributed by atoms with E-state index in [4.69, 9.17) is 11.6 Å². The SMILES string of the molecule is Cc1ccc(S(=O)(=O)N2CCN(C(=O)c3c(Cl)nc4sccn34)CC2)cc1C. The summed E-state index contributed by atoms with van der Waals surface area (Å²) in [5.41, 5.74) is 2.31. The van der Waals surface area contributed by atoms with E-state index in [-0.39, 0.29) is 29.0 Å². The fraction of sp³-hybridized carbons (Fsp3) is 0.333. The monoisotopic (exact) mass is 438 g/mol. The van der Waals surface area contributed by atoms with Gasteiger partial charge < -0.3 is 4.90 Å². The molecule has 4 rings (SSSR count). The molecule has 3 aromatic rings. The number of imidazole rings is 1. The highest BCUT2D eigenvalue weighted by Gasteiger charge is 2.32. The predicted molar refractivity (Wildman–Crippen MR) is 109 cm³/mol. The lowest BCUT2D eigenvalue weighted by Crippen LogP contribution is -2.50. The Hall–Kier alpha value is -1.94. The van der Waals surface area contributed by atoms with Crippen molar-refractivity contribution in [2.75, 3.05) is 26.2 Å². The summed E-state index contributed by atoms with van der Waals surface area (Å²) in [5, 5.41) is 2.01. The van der Waals surface area contributed by atoms with Gasteiger partial charge in [0, 0.05) is 37.8 Å². The largest absolute Gasteiger partial charge is 0.335 e. The van der Waals surface area contributed by atoms with Crippen LogP contribution in [0.2, 0.25) is 5.15 Å². The normalized spacial score (nSPS) is 16.0. The number of fused-ring (bicyclic) bond motifs is 1. The number of benzene rings is 1. The number of amides is 1. The third-order valence-corrected chi connectivity index (χ3v) is 7.98. The molecule has 0 N–H and O–H groups in total. The predicted octanol–water partition coefficient (Wildman–Crippen LogP) is 2.81. The van der Waals surface area contributed by atoms with Crippen molar-refractivity contribution in [3.05, 3.63) is 51.7 Å². The van der Waals surface area contributed by atoms with Gasteiger partial charge >= 0.3 is 0 Å². The van der Waals surface area contributed by atoms with E-state index in [1.54, 1.807) is 27.6 Å². The molecular weight excluding hydrogens is 420 g/mol. The smallest absolute Gasteiger partial charge is 0.274 e. The van der Waals surface area contributed by atoms with Gasteiger partial charge in [0.1, 0.15) is 0 Å². The molecule has 28 heavy (non-hydrogen) atoms. The first-order chi connectivity index (χ1) is 13.3. The summed E-state index contributed by atoms with van der Waals surface area (Å²) in [4.78, 5) is 19.7. The maximum Gasteiger partial charge on any atom is 0.274 e. The highest BCUT2D eigenvalue weighted by Crippen LogP contribution is 2.24. The second-order valence-electron chi connectivity index (χ2n) is 6.75. The van der Waals surface area contributed by atoms with E-state index >= 15 is 0 Å². The van der Waals surface area contributed by atoms with Crippen molar-refractivity contribution < 1.29 is 13.2 Å². The van der Waals surface area contributed by atoms with Crippen LogP contribution >= 0.6 is 22.9 Å². The van der Waals surface area contributed by atoms with Crippen LogP contribution in [0, 0.1) is 13.8 Å². The number of piperazine rings is 1. The summed E-state index contributed by atoms with van der Waals surface area (Å²) in [7, 11) is -3.58. The second-order valence-corrected chi connectivity index (χ2v) is 9.92. The molecule has 1 fully saturated rings. The fourth-order valence-corrected chi connectivity index (χ4v) is 5.78. The van der Waals surface area contributed by atoms with Crippen molar-refractivity contribution in [1.29, 1.82) is 0 Å². The molecule has 0 atom stereocenters. The number of halogens is 1. The van der Waals surface area contributed by atoms with Gasteiger partial charge in [0.05, 0.1) is 4.90 Å². The number of thiazole rings is 1. The molecule has 1 aliphatic heterocycles. The summed E-state index contributed by atoms with van der Waals surface area (Å²) in [5.74, 6) is -0.237. The first-order valence-corrected chi connectivity index (χ1v) is 11.5. The maximum atomic E-state index is 12.9. The minimum Gasteiger partial charge on any atom is -0.335 e. The minimum atomic E-state index is -3.58. The zero-order valence-corrected chi connectivity index (χ0v) is 17.8. The molecule has 0 spiro atoms. The third-order valence-electron chi connectivity index (χ3n) is 5.06. The standard InChI is InChI=1S/C18H19ClN4O3S2/c1-12-3-4-14(11-13(12)2)28(25,26)22-7-5-21(6-8-22)17(24)15-16(19)20-18-23(15)9-10-27-18/h3-4,9-11H,5-8H2,1-2H3. The second kappa shape index (κ2) is 7.14.